The highest BCUT2D eigenvalue weighted by molar-refractivity contribution is 5.86. The number of carbonyl (C=O) groups excluding carboxylic acids is 4. The standard InChI is InChI=1S/C22H33N3O12/c1-10(20(31)34-9-35-22(32)25-6-4-13(5-7-25)19(29)30)23-18(28)11(2)36-17-15(24-12(3)26)21-33-8-14(37-21)16(17)27/h10-11,13-17,21,27H,4-9H2,1-3H3,(H,23,28)(H,24,26)(H,29,30)/t10-,11+,14+,15+,16+,17+,21+/m0/s1. The van der Waals surface area contributed by atoms with Crippen LogP contribution >= 0.6 is 0 Å². The summed E-state index contributed by atoms with van der Waals surface area (Å²) >= 11 is 0. The van der Waals surface area contributed by atoms with Crippen molar-refractivity contribution in [2.75, 3.05) is 26.5 Å². The van der Waals surface area contributed by atoms with Gasteiger partial charge in [-0.3, -0.25) is 14.4 Å². The molecule has 208 valence electrons. The summed E-state index contributed by atoms with van der Waals surface area (Å²) < 4.78 is 26.5. The zero-order valence-corrected chi connectivity index (χ0v) is 20.8. The summed E-state index contributed by atoms with van der Waals surface area (Å²) in [5, 5.41) is 24.6. The van der Waals surface area contributed by atoms with Crippen molar-refractivity contribution in [2.24, 2.45) is 5.92 Å². The van der Waals surface area contributed by atoms with Crippen LogP contribution in [0.25, 0.3) is 0 Å². The number of likely N-dealkylation sites (tertiary alicyclic amines) is 1. The van der Waals surface area contributed by atoms with Crippen LogP contribution in [0.1, 0.15) is 33.6 Å². The van der Waals surface area contributed by atoms with Crippen LogP contribution in [0.4, 0.5) is 4.79 Å². The second-order valence-electron chi connectivity index (χ2n) is 9.16. The molecule has 4 N–H and O–H groups in total. The minimum atomic E-state index is -1.17. The molecule has 3 heterocycles. The van der Waals surface area contributed by atoms with Crippen molar-refractivity contribution in [1.82, 2.24) is 15.5 Å². The number of nitrogens with one attached hydrogen (secondary N) is 2. The lowest BCUT2D eigenvalue weighted by Crippen LogP contribution is -2.62. The molecule has 2 bridgehead atoms. The van der Waals surface area contributed by atoms with E-state index in [1.54, 1.807) is 0 Å². The number of hydrogen-bond donors (Lipinski definition) is 4. The molecule has 3 rings (SSSR count). The van der Waals surface area contributed by atoms with Crippen LogP contribution in [0.15, 0.2) is 0 Å². The van der Waals surface area contributed by atoms with E-state index in [1.807, 2.05) is 0 Å². The molecule has 3 aliphatic heterocycles. The van der Waals surface area contributed by atoms with Crippen LogP contribution < -0.4 is 10.6 Å². The maximum Gasteiger partial charge on any atom is 0.412 e. The van der Waals surface area contributed by atoms with E-state index in [-0.39, 0.29) is 19.7 Å². The number of carboxylic acids is 1. The fourth-order valence-corrected chi connectivity index (χ4v) is 4.29. The predicted molar refractivity (Wildman–Crippen MR) is 120 cm³/mol. The van der Waals surface area contributed by atoms with Crippen molar-refractivity contribution in [1.29, 1.82) is 0 Å². The number of ether oxygens (including phenoxy) is 5. The van der Waals surface area contributed by atoms with E-state index in [9.17, 15) is 29.1 Å². The molecular formula is C22H33N3O12. The zero-order valence-electron chi connectivity index (χ0n) is 20.8. The SMILES string of the molecule is CC(=O)N[C@H]1[C@@H]2OC[C@@H](O2)[C@@H](O)[C@@H]1O[C@H](C)C(=O)N[C@@H](C)C(=O)OCOC(=O)N1CCC(C(=O)O)CC1. The Labute approximate surface area is 212 Å². The highest BCUT2D eigenvalue weighted by Crippen LogP contribution is 2.30. The minimum Gasteiger partial charge on any atom is -0.481 e. The van der Waals surface area contributed by atoms with Gasteiger partial charge in [-0.2, -0.15) is 0 Å². The number of nitrogens with zero attached hydrogens (tertiary/aromatic N) is 1. The van der Waals surface area contributed by atoms with Gasteiger partial charge in [0, 0.05) is 20.0 Å². The topological polar surface area (TPSA) is 199 Å². The third-order valence-corrected chi connectivity index (χ3v) is 6.40. The van der Waals surface area contributed by atoms with Gasteiger partial charge in [-0.15, -0.1) is 0 Å². The van der Waals surface area contributed by atoms with E-state index in [4.69, 9.17) is 28.8 Å². The van der Waals surface area contributed by atoms with E-state index in [2.05, 4.69) is 10.6 Å². The van der Waals surface area contributed by atoms with Gasteiger partial charge in [0.1, 0.15) is 36.5 Å². The summed E-state index contributed by atoms with van der Waals surface area (Å²) in [6.45, 7) is 3.92. The molecule has 3 saturated heterocycles. The van der Waals surface area contributed by atoms with Gasteiger partial charge in [-0.1, -0.05) is 0 Å². The van der Waals surface area contributed by atoms with Crippen LogP contribution in [-0.4, -0.2) is 114 Å². The van der Waals surface area contributed by atoms with E-state index in [0.717, 1.165) is 0 Å². The number of fused-ring (bicyclic) bond motifs is 2. The van der Waals surface area contributed by atoms with Crippen molar-refractivity contribution >= 4 is 29.8 Å². The molecule has 7 atom stereocenters. The Morgan fingerprint density at radius 3 is 2.41 bits per heavy atom. The molecule has 0 aromatic heterocycles. The van der Waals surface area contributed by atoms with Crippen molar-refractivity contribution in [3.63, 3.8) is 0 Å². The summed E-state index contributed by atoms with van der Waals surface area (Å²) in [7, 11) is 0. The smallest absolute Gasteiger partial charge is 0.412 e. The molecule has 0 saturated carbocycles. The number of esters is 1. The van der Waals surface area contributed by atoms with E-state index >= 15 is 0 Å². The third kappa shape index (κ3) is 7.28. The molecular weight excluding hydrogens is 498 g/mol. The van der Waals surface area contributed by atoms with Gasteiger partial charge in [-0.05, 0) is 26.7 Å². The van der Waals surface area contributed by atoms with E-state index in [0.29, 0.717) is 12.8 Å². The number of aliphatic carboxylic acids is 1. The predicted octanol–water partition coefficient (Wildman–Crippen LogP) is -1.68. The number of carbonyl (C=O) groups is 5. The van der Waals surface area contributed by atoms with Gasteiger partial charge in [-0.25, -0.2) is 9.59 Å². The summed E-state index contributed by atoms with van der Waals surface area (Å²) in [6, 6.07) is -1.97. The molecule has 0 unspecified atom stereocenters. The van der Waals surface area contributed by atoms with Gasteiger partial charge >= 0.3 is 18.0 Å². The molecule has 0 aliphatic carbocycles. The lowest BCUT2D eigenvalue weighted by Gasteiger charge is -2.39. The summed E-state index contributed by atoms with van der Waals surface area (Å²) in [5.41, 5.74) is 0. The number of carboxylic acid groups (broad SMARTS) is 1. The van der Waals surface area contributed by atoms with Gasteiger partial charge in [0.15, 0.2) is 6.29 Å². The molecule has 0 radical (unpaired) electrons. The molecule has 3 fully saturated rings. The average molecular weight is 532 g/mol. The summed E-state index contributed by atoms with van der Waals surface area (Å²) in [6.07, 6.45) is -4.94. The van der Waals surface area contributed by atoms with E-state index in [1.165, 1.54) is 25.7 Å². The summed E-state index contributed by atoms with van der Waals surface area (Å²) in [5.74, 6) is -3.37. The maximum absolute atomic E-state index is 12.6. The first kappa shape index (κ1) is 28.6. The van der Waals surface area contributed by atoms with Crippen molar-refractivity contribution in [3.05, 3.63) is 0 Å². The van der Waals surface area contributed by atoms with E-state index < -0.39 is 85.3 Å². The van der Waals surface area contributed by atoms with Crippen LogP contribution in [0.2, 0.25) is 0 Å². The second-order valence-corrected chi connectivity index (χ2v) is 9.16. The maximum atomic E-state index is 12.6. The third-order valence-electron chi connectivity index (χ3n) is 6.40. The monoisotopic (exact) mass is 531 g/mol. The second kappa shape index (κ2) is 12.5. The Kier molecular flexibility index (Phi) is 9.64. The molecule has 0 aromatic carbocycles. The van der Waals surface area contributed by atoms with Crippen molar-refractivity contribution in [3.8, 4) is 0 Å². The van der Waals surface area contributed by atoms with Gasteiger partial charge in [0.05, 0.1) is 12.5 Å². The van der Waals surface area contributed by atoms with Crippen LogP contribution in [0.5, 0.6) is 0 Å². The first-order chi connectivity index (χ1) is 17.5. The number of aliphatic hydroxyl groups is 1. The fraction of sp³-hybridized carbons (Fsp3) is 0.773. The normalized spacial score (nSPS) is 29.1. The number of aliphatic hydroxyl groups excluding tert-OH is 1. The molecule has 15 nitrogen and oxygen atoms in total. The Hall–Kier alpha value is -3.01. The van der Waals surface area contributed by atoms with Gasteiger partial charge in [0.2, 0.25) is 18.6 Å². The number of rotatable bonds is 9. The fourth-order valence-electron chi connectivity index (χ4n) is 4.29. The Balaban J connectivity index is 1.41. The van der Waals surface area contributed by atoms with Gasteiger partial charge < -0.3 is 49.4 Å². The molecule has 37 heavy (non-hydrogen) atoms. The van der Waals surface area contributed by atoms with Crippen molar-refractivity contribution in [2.45, 2.75) is 76.4 Å². The Morgan fingerprint density at radius 2 is 1.78 bits per heavy atom. The molecule has 15 heteroatoms. The molecule has 0 aromatic rings. The quantitative estimate of drug-likeness (QED) is 0.195. The lowest BCUT2D eigenvalue weighted by atomic mass is 9.97. The highest BCUT2D eigenvalue weighted by atomic mass is 16.7. The highest BCUT2D eigenvalue weighted by Gasteiger charge is 2.52. The Morgan fingerprint density at radius 1 is 1.11 bits per heavy atom. The van der Waals surface area contributed by atoms with Crippen LogP contribution in [-0.2, 0) is 42.9 Å². The first-order valence-corrected chi connectivity index (χ1v) is 12.0. The zero-order chi connectivity index (χ0) is 27.3. The minimum absolute atomic E-state index is 0.108. The lowest BCUT2D eigenvalue weighted by molar-refractivity contribution is -0.210. The number of hydrogen-bond acceptors (Lipinski definition) is 11. The summed E-state index contributed by atoms with van der Waals surface area (Å²) in [4.78, 5) is 60.8. The number of piperidine rings is 1. The first-order valence-electron chi connectivity index (χ1n) is 12.0. The molecule has 3 aliphatic rings. The van der Waals surface area contributed by atoms with Crippen LogP contribution in [0.3, 0.4) is 0 Å². The molecule has 3 amide bonds. The van der Waals surface area contributed by atoms with Gasteiger partial charge in [0.25, 0.3) is 0 Å². The largest absolute Gasteiger partial charge is 0.481 e. The van der Waals surface area contributed by atoms with Crippen molar-refractivity contribution < 1.29 is 57.9 Å². The molecule has 0 spiro atoms. The number of amides is 3. The van der Waals surface area contributed by atoms with Crippen LogP contribution in [0, 0.1) is 5.92 Å². The average Bonchev–Trinajstić information content (AvgIpc) is 3.31. The Bertz CT molecular complexity index is 877.